The van der Waals surface area contributed by atoms with Crippen molar-refractivity contribution in [2.75, 3.05) is 22.9 Å². The first-order valence-corrected chi connectivity index (χ1v) is 15.3. The van der Waals surface area contributed by atoms with Gasteiger partial charge in [0.25, 0.3) is 0 Å². The van der Waals surface area contributed by atoms with Gasteiger partial charge in [-0.05, 0) is 97.3 Å². The van der Waals surface area contributed by atoms with Crippen LogP contribution in [0.1, 0.15) is 73.8 Å². The molecule has 3 nitrogen and oxygen atoms in total. The molecule has 3 aromatic carbocycles. The van der Waals surface area contributed by atoms with Gasteiger partial charge >= 0.3 is 18.7 Å². The Kier molecular flexibility index (Phi) is 11.1. The van der Waals surface area contributed by atoms with Gasteiger partial charge in [0.05, 0.1) is 11.1 Å². The number of hydrogen-bond donors (Lipinski definition) is 0. The summed E-state index contributed by atoms with van der Waals surface area (Å²) < 4.78 is 126. The maximum absolute atomic E-state index is 13.7. The minimum Gasteiger partial charge on any atom is -0.406 e. The van der Waals surface area contributed by atoms with Crippen LogP contribution < -0.4 is 14.5 Å². The largest absolute Gasteiger partial charge is 0.573 e. The van der Waals surface area contributed by atoms with Crippen LogP contribution in [-0.4, -0.2) is 19.5 Å². The number of benzene rings is 3. The summed E-state index contributed by atoms with van der Waals surface area (Å²) in [5.74, 6) is -0.0871. The van der Waals surface area contributed by atoms with Crippen LogP contribution in [0.25, 0.3) is 0 Å². The fourth-order valence-corrected chi connectivity index (χ4v) is 5.99. The molecule has 1 aliphatic carbocycles. The summed E-state index contributed by atoms with van der Waals surface area (Å²) in [5.41, 5.74) is -0.686. The van der Waals surface area contributed by atoms with E-state index < -0.39 is 35.6 Å². The van der Waals surface area contributed by atoms with Gasteiger partial charge in [0, 0.05) is 37.6 Å². The molecule has 252 valence electrons. The predicted octanol–water partition coefficient (Wildman–Crippen LogP) is 10.8. The average Bonchev–Trinajstić information content (AvgIpc) is 2.98. The fourth-order valence-electron chi connectivity index (χ4n) is 5.99. The molecular weight excluding hydrogens is 623 g/mol. The molecule has 0 radical (unpaired) electrons. The van der Waals surface area contributed by atoms with E-state index in [2.05, 4.69) is 9.64 Å². The number of alkyl halides is 9. The summed E-state index contributed by atoms with van der Waals surface area (Å²) in [6.07, 6.45) is -8.96. The molecule has 4 rings (SSSR count). The van der Waals surface area contributed by atoms with Crippen molar-refractivity contribution in [1.82, 2.24) is 0 Å². The number of halogens is 9. The van der Waals surface area contributed by atoms with E-state index in [0.29, 0.717) is 54.5 Å². The first kappa shape index (κ1) is 35.3. The predicted molar refractivity (Wildman–Crippen MR) is 160 cm³/mol. The van der Waals surface area contributed by atoms with Crippen LogP contribution in [0, 0.1) is 5.92 Å². The van der Waals surface area contributed by atoms with Gasteiger partial charge in [0.2, 0.25) is 0 Å². The summed E-state index contributed by atoms with van der Waals surface area (Å²) >= 11 is 0. The first-order chi connectivity index (χ1) is 21.6. The molecule has 0 heterocycles. The monoisotopic (exact) mass is 660 g/mol. The molecule has 0 unspecified atom stereocenters. The summed E-state index contributed by atoms with van der Waals surface area (Å²) in [6.45, 7) is 4.56. The van der Waals surface area contributed by atoms with Crippen molar-refractivity contribution in [3.8, 4) is 5.75 Å². The lowest BCUT2D eigenvalue weighted by Gasteiger charge is -2.34. The van der Waals surface area contributed by atoms with E-state index >= 15 is 0 Å². The van der Waals surface area contributed by atoms with Gasteiger partial charge in [-0.15, -0.1) is 13.2 Å². The van der Waals surface area contributed by atoms with Crippen molar-refractivity contribution in [3.05, 3.63) is 88.5 Å². The molecule has 0 atom stereocenters. The molecule has 3 aromatic rings. The molecule has 1 fully saturated rings. The molecule has 1 aliphatic rings. The molecule has 0 N–H and O–H groups in total. The highest BCUT2D eigenvalue weighted by molar-refractivity contribution is 5.59. The van der Waals surface area contributed by atoms with E-state index in [-0.39, 0.29) is 24.7 Å². The Hall–Kier alpha value is -3.57. The van der Waals surface area contributed by atoms with Gasteiger partial charge in [0.1, 0.15) is 5.75 Å². The van der Waals surface area contributed by atoms with E-state index in [0.717, 1.165) is 37.7 Å². The van der Waals surface area contributed by atoms with Gasteiger partial charge in [0.15, 0.2) is 0 Å². The second-order valence-electron chi connectivity index (χ2n) is 11.7. The Morgan fingerprint density at radius 3 is 1.80 bits per heavy atom. The quantitative estimate of drug-likeness (QED) is 0.190. The number of nitrogens with zero attached hydrogens (tertiary/aromatic N) is 2. The van der Waals surface area contributed by atoms with Gasteiger partial charge in [-0.3, -0.25) is 0 Å². The number of hydrogen-bond acceptors (Lipinski definition) is 3. The minimum atomic E-state index is -5.03. The van der Waals surface area contributed by atoms with Crippen LogP contribution in [0.3, 0.4) is 0 Å². The summed E-state index contributed by atoms with van der Waals surface area (Å²) in [5, 5.41) is 0. The van der Waals surface area contributed by atoms with E-state index in [1.807, 2.05) is 13.8 Å². The van der Waals surface area contributed by atoms with Crippen molar-refractivity contribution in [2.45, 2.75) is 84.2 Å². The molecule has 0 amide bonds. The summed E-state index contributed by atoms with van der Waals surface area (Å²) in [7, 11) is 0. The third-order valence-electron chi connectivity index (χ3n) is 8.30. The van der Waals surface area contributed by atoms with Crippen LogP contribution in [-0.2, 0) is 31.9 Å². The Bertz CT molecular complexity index is 1390. The van der Waals surface area contributed by atoms with Crippen molar-refractivity contribution < 1.29 is 44.3 Å². The number of ether oxygens (including phenoxy) is 1. The zero-order chi connectivity index (χ0) is 33.7. The van der Waals surface area contributed by atoms with Crippen LogP contribution >= 0.6 is 0 Å². The second kappa shape index (κ2) is 14.5. The van der Waals surface area contributed by atoms with E-state index in [1.54, 1.807) is 29.2 Å². The van der Waals surface area contributed by atoms with Gasteiger partial charge in [-0.2, -0.15) is 26.3 Å². The molecule has 0 saturated heterocycles. The van der Waals surface area contributed by atoms with Gasteiger partial charge < -0.3 is 14.5 Å². The Morgan fingerprint density at radius 2 is 1.28 bits per heavy atom. The normalized spacial score (nSPS) is 14.8. The SMILES string of the molecule is CCc1ccc(N(Cc2cc(C(F)(F)F)cc(C(F)(F)F)c2)Cc2cc(OC(F)(F)F)ccc2N(CC)CC2CCCCC2)cc1. The van der Waals surface area contributed by atoms with Crippen molar-refractivity contribution in [2.24, 2.45) is 5.92 Å². The topological polar surface area (TPSA) is 15.7 Å². The van der Waals surface area contributed by atoms with Crippen LogP contribution in [0.15, 0.2) is 60.7 Å². The third-order valence-corrected chi connectivity index (χ3v) is 8.30. The lowest BCUT2D eigenvalue weighted by Crippen LogP contribution is -2.32. The summed E-state index contributed by atoms with van der Waals surface area (Å²) in [4.78, 5) is 3.63. The first-order valence-electron chi connectivity index (χ1n) is 15.3. The smallest absolute Gasteiger partial charge is 0.406 e. The van der Waals surface area contributed by atoms with Crippen LogP contribution in [0.5, 0.6) is 5.75 Å². The minimum absolute atomic E-state index is 0.0737. The van der Waals surface area contributed by atoms with Crippen molar-refractivity contribution >= 4 is 11.4 Å². The maximum Gasteiger partial charge on any atom is 0.573 e. The molecule has 0 bridgehead atoms. The van der Waals surface area contributed by atoms with E-state index in [1.165, 1.54) is 18.2 Å². The fraction of sp³-hybridized carbons (Fsp3) is 0.471. The van der Waals surface area contributed by atoms with E-state index in [9.17, 15) is 39.5 Å². The number of anilines is 2. The molecule has 0 aliphatic heterocycles. The molecule has 0 aromatic heterocycles. The highest BCUT2D eigenvalue weighted by atomic mass is 19.4. The molecule has 1 saturated carbocycles. The zero-order valence-corrected chi connectivity index (χ0v) is 25.6. The van der Waals surface area contributed by atoms with Crippen LogP contribution in [0.4, 0.5) is 50.9 Å². The highest BCUT2D eigenvalue weighted by Crippen LogP contribution is 2.38. The van der Waals surface area contributed by atoms with Crippen LogP contribution in [0.2, 0.25) is 0 Å². The standard InChI is InChI=1S/C34H37F9N2O/c1-3-23-10-12-29(13-11-23)45(21-25-16-27(32(35,36)37)19-28(17-25)33(38,39)40)22-26-18-30(46-34(41,42)43)14-15-31(26)44(4-2)20-24-8-6-5-7-9-24/h10-19,24H,3-9,20-22H2,1-2H3. The Morgan fingerprint density at radius 1 is 0.674 bits per heavy atom. The second-order valence-corrected chi connectivity index (χ2v) is 11.7. The average molecular weight is 661 g/mol. The zero-order valence-electron chi connectivity index (χ0n) is 25.6. The number of aryl methyl sites for hydroxylation is 1. The van der Waals surface area contributed by atoms with Crippen molar-refractivity contribution in [3.63, 3.8) is 0 Å². The summed E-state index contributed by atoms with van der Waals surface area (Å²) in [6, 6.07) is 12.4. The lowest BCUT2D eigenvalue weighted by molar-refractivity contribution is -0.274. The highest BCUT2D eigenvalue weighted by Gasteiger charge is 2.37. The Balaban J connectivity index is 1.80. The van der Waals surface area contributed by atoms with Crippen molar-refractivity contribution in [1.29, 1.82) is 0 Å². The Labute approximate surface area is 263 Å². The lowest BCUT2D eigenvalue weighted by atomic mass is 9.88. The molecule has 12 heteroatoms. The molecule has 0 spiro atoms. The third kappa shape index (κ3) is 9.72. The van der Waals surface area contributed by atoms with Gasteiger partial charge in [-0.25, -0.2) is 0 Å². The van der Waals surface area contributed by atoms with Gasteiger partial charge in [-0.1, -0.05) is 38.3 Å². The maximum atomic E-state index is 13.7. The molecular formula is C34H37F9N2O. The number of rotatable bonds is 11. The molecule has 46 heavy (non-hydrogen) atoms. The van der Waals surface area contributed by atoms with E-state index in [4.69, 9.17) is 0 Å².